The summed E-state index contributed by atoms with van der Waals surface area (Å²) in [5.41, 5.74) is 2.27. The summed E-state index contributed by atoms with van der Waals surface area (Å²) in [6.07, 6.45) is 4.75. The Morgan fingerprint density at radius 2 is 2.60 bits per heavy atom. The summed E-state index contributed by atoms with van der Waals surface area (Å²) in [7, 11) is 2.86. The van der Waals surface area contributed by atoms with Crippen LogP contribution in [0.2, 0.25) is 0 Å². The highest BCUT2D eigenvalue weighted by molar-refractivity contribution is 6.43. The third-order valence-corrected chi connectivity index (χ3v) is 0.636. The average molecular weight is 97.2 g/mol. The Balaban J connectivity index is 2.48. The van der Waals surface area contributed by atoms with Crippen LogP contribution in [0.5, 0.6) is 0 Å². The van der Waals surface area contributed by atoms with E-state index in [0.29, 0.717) is 0 Å². The number of terminal acetylenes is 1. The molecule has 0 aliphatic carbocycles. The summed E-state index contributed by atoms with van der Waals surface area (Å²) in [4.78, 5) is 0. The average Bonchev–Trinajstić information content (AvgIpc) is 1.41. The van der Waals surface area contributed by atoms with Gasteiger partial charge in [-0.2, -0.15) is 0 Å². The highest BCUT2D eigenvalue weighted by atomic mass is 28.3. The fraction of sp³-hybridized carbons (Fsp3) is 0. The van der Waals surface area contributed by atoms with Crippen molar-refractivity contribution in [1.29, 1.82) is 0 Å². The number of hydrogen-bond donors (Lipinski definition) is 0. The molecule has 0 rings (SSSR count). The fourth-order valence-corrected chi connectivity index (χ4v) is 0.265. The molecule has 0 spiro atoms. The second-order valence-corrected chi connectivity index (χ2v) is 1.66. The third-order valence-electron chi connectivity index (χ3n) is 0.110. The van der Waals surface area contributed by atoms with Crippen molar-refractivity contribution in [1.82, 2.24) is 0 Å². The van der Waals surface area contributed by atoms with Crippen molar-refractivity contribution in [3.8, 4) is 12.0 Å². The van der Waals surface area contributed by atoms with Crippen molar-refractivity contribution in [2.45, 2.75) is 0 Å². The van der Waals surface area contributed by atoms with E-state index in [2.05, 4.69) is 20.1 Å². The molecule has 1 nitrogen and oxygen atoms in total. The van der Waals surface area contributed by atoms with Crippen LogP contribution in [0.25, 0.3) is 0 Å². The summed E-state index contributed by atoms with van der Waals surface area (Å²) in [6.45, 7) is 0. The SMILES string of the molecule is C#C[Si]O[Si]. The summed E-state index contributed by atoms with van der Waals surface area (Å²) in [6, 6.07) is 0. The van der Waals surface area contributed by atoms with Gasteiger partial charge in [0.05, 0.1) is 0 Å². The summed E-state index contributed by atoms with van der Waals surface area (Å²) >= 11 is 0. The van der Waals surface area contributed by atoms with Crippen LogP contribution in [0.15, 0.2) is 0 Å². The molecule has 0 aromatic rings. The lowest BCUT2D eigenvalue weighted by atomic mass is 11.4. The van der Waals surface area contributed by atoms with Crippen molar-refractivity contribution in [2.24, 2.45) is 0 Å². The largest absolute Gasteiger partial charge is 0.448 e. The van der Waals surface area contributed by atoms with Gasteiger partial charge >= 0.3 is 9.76 Å². The first-order valence-electron chi connectivity index (χ1n) is 0.947. The molecule has 0 aliphatic heterocycles. The topological polar surface area (TPSA) is 9.23 Å². The van der Waals surface area contributed by atoms with Gasteiger partial charge in [-0.15, -0.1) is 12.0 Å². The summed E-state index contributed by atoms with van der Waals surface area (Å²) in [5.74, 6) is 0. The quantitative estimate of drug-likeness (QED) is 0.310. The van der Waals surface area contributed by atoms with Crippen molar-refractivity contribution in [3.05, 3.63) is 0 Å². The van der Waals surface area contributed by atoms with Gasteiger partial charge in [0.25, 0.3) is 0 Å². The van der Waals surface area contributed by atoms with Crippen molar-refractivity contribution >= 4 is 20.2 Å². The molecule has 0 amide bonds. The van der Waals surface area contributed by atoms with Crippen LogP contribution in [-0.2, 0) is 4.12 Å². The number of rotatable bonds is 1. The van der Waals surface area contributed by atoms with Crippen LogP contribution in [0.1, 0.15) is 0 Å². The molecule has 0 unspecified atom stereocenters. The summed E-state index contributed by atoms with van der Waals surface area (Å²) in [5, 5.41) is 0. The van der Waals surface area contributed by atoms with Gasteiger partial charge in [0.2, 0.25) is 10.5 Å². The van der Waals surface area contributed by atoms with Crippen molar-refractivity contribution in [3.63, 3.8) is 0 Å². The zero-order valence-corrected chi connectivity index (χ0v) is 4.49. The van der Waals surface area contributed by atoms with E-state index in [0.717, 1.165) is 0 Å². The first-order chi connectivity index (χ1) is 2.41. The zero-order chi connectivity index (χ0) is 4.12. The van der Waals surface area contributed by atoms with Crippen LogP contribution in [0, 0.1) is 12.0 Å². The molecule has 0 heterocycles. The lowest BCUT2D eigenvalue weighted by molar-refractivity contribution is 0.678. The van der Waals surface area contributed by atoms with Crippen molar-refractivity contribution < 1.29 is 4.12 Å². The third kappa shape index (κ3) is 3.95. The molecule has 0 atom stereocenters. The molecule has 0 aromatic heterocycles. The molecule has 5 heavy (non-hydrogen) atoms. The highest BCUT2D eigenvalue weighted by Crippen LogP contribution is 1.46. The van der Waals surface area contributed by atoms with Gasteiger partial charge < -0.3 is 4.12 Å². The molecule has 0 saturated carbocycles. The maximum absolute atomic E-state index is 4.75. The molecule has 0 fully saturated rings. The predicted molar refractivity (Wildman–Crippen MR) is 21.4 cm³/mol. The molecule has 0 saturated heterocycles. The van der Waals surface area contributed by atoms with Gasteiger partial charge in [0.15, 0.2) is 0 Å². The van der Waals surface area contributed by atoms with E-state index in [1.165, 1.54) is 0 Å². The van der Waals surface area contributed by atoms with Gasteiger partial charge in [-0.05, 0) is 0 Å². The minimum Gasteiger partial charge on any atom is -0.448 e. The molecule has 0 N–H and O–H groups in total. The second-order valence-electron chi connectivity index (χ2n) is 0.348. The van der Waals surface area contributed by atoms with E-state index < -0.39 is 0 Å². The van der Waals surface area contributed by atoms with Gasteiger partial charge in [-0.1, -0.05) is 0 Å². The molecule has 0 aliphatic rings. The van der Waals surface area contributed by atoms with Crippen LogP contribution >= 0.6 is 0 Å². The Morgan fingerprint density at radius 3 is 2.60 bits per heavy atom. The van der Waals surface area contributed by atoms with Gasteiger partial charge in [-0.25, -0.2) is 0 Å². The zero-order valence-electron chi connectivity index (χ0n) is 2.49. The molecule has 23 valence electrons. The van der Waals surface area contributed by atoms with E-state index in [-0.39, 0.29) is 9.76 Å². The first-order valence-corrected chi connectivity index (χ1v) is 2.26. The maximum Gasteiger partial charge on any atom is 0.320 e. The van der Waals surface area contributed by atoms with E-state index in [1.54, 1.807) is 0 Å². The van der Waals surface area contributed by atoms with Crippen molar-refractivity contribution in [2.75, 3.05) is 0 Å². The van der Waals surface area contributed by atoms with Crippen LogP contribution in [0.3, 0.4) is 0 Å². The minimum atomic E-state index is 0.139. The first kappa shape index (κ1) is 4.95. The second kappa shape index (κ2) is 3.95. The molecular weight excluding hydrogens is 96.2 g/mol. The Labute approximate surface area is 37.2 Å². The Bertz CT molecular complexity index is 46.1. The highest BCUT2D eigenvalue weighted by Gasteiger charge is 1.66. The van der Waals surface area contributed by atoms with Gasteiger partial charge in [0, 0.05) is 0 Å². The standard InChI is InChI=1S/C2HOSi2/c1-2-5-3-4/h1H. The van der Waals surface area contributed by atoms with Gasteiger partial charge in [-0.3, -0.25) is 0 Å². The molecular formula is C2HOSi2. The Hall–Kier alpha value is -0.0462. The van der Waals surface area contributed by atoms with Crippen LogP contribution in [0.4, 0.5) is 0 Å². The monoisotopic (exact) mass is 97.0 g/mol. The lowest BCUT2D eigenvalue weighted by Gasteiger charge is -1.72. The Kier molecular flexibility index (Phi) is 3.92. The molecule has 5 radical (unpaired) electrons. The smallest absolute Gasteiger partial charge is 0.320 e. The minimum absolute atomic E-state index is 0.139. The van der Waals surface area contributed by atoms with E-state index in [9.17, 15) is 0 Å². The van der Waals surface area contributed by atoms with E-state index in [4.69, 9.17) is 6.42 Å². The molecule has 0 bridgehead atoms. The molecule has 0 aromatic carbocycles. The molecule has 3 heteroatoms. The van der Waals surface area contributed by atoms with E-state index in [1.807, 2.05) is 0 Å². The predicted octanol–water partition coefficient (Wildman–Crippen LogP) is -0.704. The van der Waals surface area contributed by atoms with Crippen LogP contribution < -0.4 is 0 Å². The fourth-order valence-electron chi connectivity index (χ4n) is 0.0295. The van der Waals surface area contributed by atoms with Gasteiger partial charge in [0.1, 0.15) is 0 Å². The maximum atomic E-state index is 4.75. The van der Waals surface area contributed by atoms with Crippen LogP contribution in [-0.4, -0.2) is 20.2 Å². The normalized spacial score (nSPS) is 6.40. The lowest BCUT2D eigenvalue weighted by Crippen LogP contribution is -1.86. The van der Waals surface area contributed by atoms with E-state index >= 15 is 0 Å². The Morgan fingerprint density at radius 1 is 2.00 bits per heavy atom. The summed E-state index contributed by atoms with van der Waals surface area (Å²) < 4.78 is 4.29. The number of hydrogen-bond acceptors (Lipinski definition) is 1.